The van der Waals surface area contributed by atoms with Gasteiger partial charge in [0.2, 0.25) is 5.91 Å². The summed E-state index contributed by atoms with van der Waals surface area (Å²) < 4.78 is 5.60. The molecule has 0 aromatic heterocycles. The maximum atomic E-state index is 11.2. The van der Waals surface area contributed by atoms with E-state index in [9.17, 15) is 9.59 Å². The largest absolute Gasteiger partial charge is 0.489 e. The zero-order valence-electron chi connectivity index (χ0n) is 11.1. The van der Waals surface area contributed by atoms with Crippen LogP contribution in [0.3, 0.4) is 0 Å². The Bertz CT molecular complexity index is 632. The summed E-state index contributed by atoms with van der Waals surface area (Å²) in [6.07, 6.45) is 0. The predicted molar refractivity (Wildman–Crippen MR) is 75.7 cm³/mol. The maximum absolute atomic E-state index is 11.2. The van der Waals surface area contributed by atoms with E-state index in [-0.39, 0.29) is 5.78 Å². The lowest BCUT2D eigenvalue weighted by Crippen LogP contribution is -2.11. The molecule has 0 atom stereocenters. The number of primary amides is 1. The molecule has 2 N–H and O–H groups in total. The molecule has 0 aliphatic heterocycles. The highest BCUT2D eigenvalue weighted by molar-refractivity contribution is 5.94. The van der Waals surface area contributed by atoms with E-state index in [1.165, 1.54) is 6.92 Å². The maximum Gasteiger partial charge on any atom is 0.248 e. The fraction of sp³-hybridized carbons (Fsp3) is 0.125. The van der Waals surface area contributed by atoms with Gasteiger partial charge in [0.05, 0.1) is 0 Å². The third-order valence-electron chi connectivity index (χ3n) is 2.88. The van der Waals surface area contributed by atoms with Crippen LogP contribution in [0.1, 0.15) is 33.2 Å². The number of hydrogen-bond acceptors (Lipinski definition) is 3. The second-order valence-electron chi connectivity index (χ2n) is 4.43. The number of carbonyl (C=O) groups is 2. The van der Waals surface area contributed by atoms with E-state index < -0.39 is 5.91 Å². The van der Waals surface area contributed by atoms with Crippen molar-refractivity contribution in [3.63, 3.8) is 0 Å². The first kappa shape index (κ1) is 13.8. The summed E-state index contributed by atoms with van der Waals surface area (Å²) in [4.78, 5) is 22.2. The van der Waals surface area contributed by atoms with Gasteiger partial charge in [-0.2, -0.15) is 0 Å². The van der Waals surface area contributed by atoms with Gasteiger partial charge in [-0.05, 0) is 48.9 Å². The van der Waals surface area contributed by atoms with Crippen molar-refractivity contribution >= 4 is 11.7 Å². The van der Waals surface area contributed by atoms with Crippen LogP contribution in [0.15, 0.2) is 48.5 Å². The Hall–Kier alpha value is -2.62. The van der Waals surface area contributed by atoms with Crippen molar-refractivity contribution in [2.75, 3.05) is 0 Å². The van der Waals surface area contributed by atoms with Gasteiger partial charge in [-0.3, -0.25) is 9.59 Å². The van der Waals surface area contributed by atoms with Gasteiger partial charge in [0.25, 0.3) is 0 Å². The van der Waals surface area contributed by atoms with Crippen LogP contribution in [-0.2, 0) is 6.61 Å². The number of nitrogens with two attached hydrogens (primary N) is 1. The minimum atomic E-state index is -0.460. The highest BCUT2D eigenvalue weighted by Gasteiger charge is 2.03. The molecule has 0 aliphatic rings. The van der Waals surface area contributed by atoms with E-state index in [4.69, 9.17) is 10.5 Å². The second kappa shape index (κ2) is 6.02. The van der Waals surface area contributed by atoms with Crippen LogP contribution in [-0.4, -0.2) is 11.7 Å². The van der Waals surface area contributed by atoms with Crippen molar-refractivity contribution < 1.29 is 14.3 Å². The third-order valence-corrected chi connectivity index (χ3v) is 2.88. The monoisotopic (exact) mass is 269 g/mol. The van der Waals surface area contributed by atoms with Crippen molar-refractivity contribution in [1.82, 2.24) is 0 Å². The molecule has 0 fully saturated rings. The molecule has 0 saturated heterocycles. The van der Waals surface area contributed by atoms with Crippen LogP contribution in [0.2, 0.25) is 0 Å². The van der Waals surface area contributed by atoms with Crippen molar-refractivity contribution in [3.8, 4) is 5.75 Å². The summed E-state index contributed by atoms with van der Waals surface area (Å²) in [5, 5.41) is 0. The van der Waals surface area contributed by atoms with Crippen LogP contribution >= 0.6 is 0 Å². The average molecular weight is 269 g/mol. The van der Waals surface area contributed by atoms with E-state index in [0.717, 1.165) is 5.56 Å². The molecule has 4 nitrogen and oxygen atoms in total. The Morgan fingerprint density at radius 2 is 1.75 bits per heavy atom. The van der Waals surface area contributed by atoms with E-state index in [0.29, 0.717) is 23.5 Å². The number of ether oxygens (including phenoxy) is 1. The summed E-state index contributed by atoms with van der Waals surface area (Å²) in [6, 6.07) is 13.9. The number of benzene rings is 2. The second-order valence-corrected chi connectivity index (χ2v) is 4.43. The summed E-state index contributed by atoms with van der Waals surface area (Å²) in [6.45, 7) is 1.85. The predicted octanol–water partition coefficient (Wildman–Crippen LogP) is 2.57. The molecule has 0 heterocycles. The molecule has 0 aliphatic carbocycles. The lowest BCUT2D eigenvalue weighted by molar-refractivity contribution is 0.0996. The first-order chi connectivity index (χ1) is 9.56. The normalized spacial score (nSPS) is 10.1. The molecule has 4 heteroatoms. The van der Waals surface area contributed by atoms with E-state index in [1.807, 2.05) is 6.07 Å². The topological polar surface area (TPSA) is 69.4 Å². The minimum Gasteiger partial charge on any atom is -0.489 e. The fourth-order valence-corrected chi connectivity index (χ4v) is 1.77. The summed E-state index contributed by atoms with van der Waals surface area (Å²) >= 11 is 0. The highest BCUT2D eigenvalue weighted by Crippen LogP contribution is 2.15. The van der Waals surface area contributed by atoms with E-state index >= 15 is 0 Å². The zero-order valence-corrected chi connectivity index (χ0v) is 11.1. The first-order valence-corrected chi connectivity index (χ1v) is 6.19. The Labute approximate surface area is 117 Å². The van der Waals surface area contributed by atoms with Crippen molar-refractivity contribution in [1.29, 1.82) is 0 Å². The number of amides is 1. The number of carbonyl (C=O) groups excluding carboxylic acids is 2. The summed E-state index contributed by atoms with van der Waals surface area (Å²) in [7, 11) is 0. The quantitative estimate of drug-likeness (QED) is 0.848. The summed E-state index contributed by atoms with van der Waals surface area (Å²) in [5.74, 6) is 0.225. The van der Waals surface area contributed by atoms with Crippen molar-refractivity contribution in [3.05, 3.63) is 65.2 Å². The van der Waals surface area contributed by atoms with Gasteiger partial charge in [-0.15, -0.1) is 0 Å². The Morgan fingerprint density at radius 1 is 1.05 bits per heavy atom. The Kier molecular flexibility index (Phi) is 4.15. The van der Waals surface area contributed by atoms with Crippen molar-refractivity contribution in [2.45, 2.75) is 13.5 Å². The molecular weight excluding hydrogens is 254 g/mol. The van der Waals surface area contributed by atoms with Crippen LogP contribution in [0.5, 0.6) is 5.75 Å². The Morgan fingerprint density at radius 3 is 2.35 bits per heavy atom. The molecule has 0 bridgehead atoms. The smallest absolute Gasteiger partial charge is 0.248 e. The molecule has 0 saturated carbocycles. The molecule has 1 amide bonds. The number of Topliss-reactive ketones (excluding diaryl/α,β-unsaturated/α-hetero) is 1. The fourth-order valence-electron chi connectivity index (χ4n) is 1.77. The molecule has 102 valence electrons. The third kappa shape index (κ3) is 3.45. The molecule has 2 aromatic carbocycles. The summed E-state index contributed by atoms with van der Waals surface area (Å²) in [5.41, 5.74) is 7.18. The van der Waals surface area contributed by atoms with Gasteiger partial charge in [-0.25, -0.2) is 0 Å². The lowest BCUT2D eigenvalue weighted by Gasteiger charge is -2.07. The molecule has 2 aromatic rings. The number of ketones is 1. The van der Waals surface area contributed by atoms with Gasteiger partial charge in [0.15, 0.2) is 5.78 Å². The van der Waals surface area contributed by atoms with Crippen LogP contribution in [0, 0.1) is 0 Å². The lowest BCUT2D eigenvalue weighted by atomic mass is 10.1. The molecule has 0 spiro atoms. The zero-order chi connectivity index (χ0) is 14.5. The van der Waals surface area contributed by atoms with Gasteiger partial charge in [0.1, 0.15) is 12.4 Å². The molecular formula is C16H15NO3. The van der Waals surface area contributed by atoms with E-state index in [1.54, 1.807) is 42.5 Å². The SMILES string of the molecule is CC(=O)c1ccc(OCc2cccc(C(N)=O)c2)cc1. The highest BCUT2D eigenvalue weighted by atomic mass is 16.5. The molecule has 20 heavy (non-hydrogen) atoms. The van der Waals surface area contributed by atoms with Crippen LogP contribution in [0.4, 0.5) is 0 Å². The molecule has 0 unspecified atom stereocenters. The molecule has 2 rings (SSSR count). The first-order valence-electron chi connectivity index (χ1n) is 6.19. The van der Waals surface area contributed by atoms with Gasteiger partial charge in [0, 0.05) is 11.1 Å². The van der Waals surface area contributed by atoms with Gasteiger partial charge < -0.3 is 10.5 Å². The Balaban J connectivity index is 2.03. The van der Waals surface area contributed by atoms with E-state index in [2.05, 4.69) is 0 Å². The minimum absolute atomic E-state index is 0.0192. The molecule has 0 radical (unpaired) electrons. The standard InChI is InChI=1S/C16H15NO3/c1-11(18)13-5-7-15(8-6-13)20-10-12-3-2-4-14(9-12)16(17)19/h2-9H,10H2,1H3,(H2,17,19). The van der Waals surface area contributed by atoms with Crippen LogP contribution in [0.25, 0.3) is 0 Å². The van der Waals surface area contributed by atoms with Crippen molar-refractivity contribution in [2.24, 2.45) is 5.73 Å². The number of rotatable bonds is 5. The van der Waals surface area contributed by atoms with Crippen LogP contribution < -0.4 is 10.5 Å². The van der Waals surface area contributed by atoms with Gasteiger partial charge in [-0.1, -0.05) is 12.1 Å². The number of hydrogen-bond donors (Lipinski definition) is 1. The average Bonchev–Trinajstić information content (AvgIpc) is 2.46. The van der Waals surface area contributed by atoms with Gasteiger partial charge >= 0.3 is 0 Å².